The van der Waals surface area contributed by atoms with Crippen LogP contribution in [0.25, 0.3) is 21.9 Å². The van der Waals surface area contributed by atoms with Crippen LogP contribution in [0.1, 0.15) is 16.2 Å². The molecule has 0 atom stereocenters. The minimum Gasteiger partial charge on any atom is -0.320 e. The number of nitrogens with one attached hydrogen (secondary N) is 1. The lowest BCUT2D eigenvalue weighted by Gasteiger charge is -2.08. The fourth-order valence-corrected chi connectivity index (χ4v) is 2.62. The molecule has 1 N–H and O–H groups in total. The van der Waals surface area contributed by atoms with Crippen molar-refractivity contribution >= 4 is 33.5 Å². The number of carbonyl (C=O) groups excluding carboxylic acids is 1. The molecule has 2 heterocycles. The average Bonchev–Trinajstić information content (AvgIpc) is 2.61. The van der Waals surface area contributed by atoms with Crippen LogP contribution in [0.2, 0.25) is 0 Å². The Morgan fingerprint density at radius 1 is 0.875 bits per heavy atom. The Balaban J connectivity index is 1.70. The Hall–Kier alpha value is -3.34. The number of hydrogen-bond donors (Lipinski definition) is 1. The predicted octanol–water partition coefficient (Wildman–Crippen LogP) is 3.74. The second-order valence-corrected chi connectivity index (χ2v) is 5.52. The zero-order valence-electron chi connectivity index (χ0n) is 13.0. The van der Waals surface area contributed by atoms with E-state index in [4.69, 9.17) is 0 Å². The van der Waals surface area contributed by atoms with Gasteiger partial charge in [-0.15, -0.1) is 0 Å². The molecule has 5 nitrogen and oxygen atoms in total. The Labute approximate surface area is 138 Å². The number of aromatic nitrogens is 3. The number of rotatable bonds is 2. The Kier molecular flexibility index (Phi) is 3.39. The highest BCUT2D eigenvalue weighted by Gasteiger charge is 2.11. The van der Waals surface area contributed by atoms with Gasteiger partial charge in [-0.25, -0.2) is 4.98 Å². The molecule has 0 saturated carbocycles. The lowest BCUT2D eigenvalue weighted by Crippen LogP contribution is -2.14. The van der Waals surface area contributed by atoms with E-state index in [1.165, 1.54) is 6.20 Å². The molecule has 0 fully saturated rings. The molecule has 0 aliphatic rings. The first-order valence-electron chi connectivity index (χ1n) is 7.60. The standard InChI is InChI=1S/C19H14N4O/c1-12-9-10-13-14(21-12)7-4-8-15(13)23-19(24)18-11-20-16-5-2-3-6-17(16)22-18/h2-11H,1H3,(H,23,24). The van der Waals surface area contributed by atoms with E-state index in [9.17, 15) is 4.79 Å². The SMILES string of the molecule is Cc1ccc2c(NC(=O)c3cnc4ccccc4n3)cccc2n1. The number of pyridine rings is 1. The van der Waals surface area contributed by atoms with Crippen molar-refractivity contribution in [2.75, 3.05) is 5.32 Å². The molecule has 116 valence electrons. The van der Waals surface area contributed by atoms with Gasteiger partial charge in [0.2, 0.25) is 0 Å². The van der Waals surface area contributed by atoms with E-state index in [0.717, 1.165) is 22.1 Å². The number of hydrogen-bond acceptors (Lipinski definition) is 4. The third-order valence-electron chi connectivity index (χ3n) is 3.80. The molecule has 0 aliphatic carbocycles. The Morgan fingerprint density at radius 3 is 2.54 bits per heavy atom. The van der Waals surface area contributed by atoms with Crippen LogP contribution in [-0.2, 0) is 0 Å². The highest BCUT2D eigenvalue weighted by molar-refractivity contribution is 6.08. The number of anilines is 1. The molecule has 0 spiro atoms. The number of benzene rings is 2. The smallest absolute Gasteiger partial charge is 0.275 e. The van der Waals surface area contributed by atoms with Crippen molar-refractivity contribution in [2.45, 2.75) is 6.92 Å². The molecule has 2 aromatic heterocycles. The van der Waals surface area contributed by atoms with Crippen LogP contribution in [0.15, 0.2) is 60.8 Å². The predicted molar refractivity (Wildman–Crippen MR) is 94.0 cm³/mol. The van der Waals surface area contributed by atoms with Gasteiger partial charge in [0.05, 0.1) is 28.4 Å². The van der Waals surface area contributed by atoms with Crippen molar-refractivity contribution in [3.05, 3.63) is 72.2 Å². The molecule has 0 bridgehead atoms. The van der Waals surface area contributed by atoms with Crippen LogP contribution >= 0.6 is 0 Å². The van der Waals surface area contributed by atoms with Crippen LogP contribution in [0.5, 0.6) is 0 Å². The monoisotopic (exact) mass is 314 g/mol. The average molecular weight is 314 g/mol. The summed E-state index contributed by atoms with van der Waals surface area (Å²) in [6.07, 6.45) is 1.49. The number of nitrogens with zero attached hydrogens (tertiary/aromatic N) is 3. The van der Waals surface area contributed by atoms with Gasteiger partial charge in [0.1, 0.15) is 5.69 Å². The summed E-state index contributed by atoms with van der Waals surface area (Å²) < 4.78 is 0. The quantitative estimate of drug-likeness (QED) is 0.612. The molecule has 24 heavy (non-hydrogen) atoms. The lowest BCUT2D eigenvalue weighted by molar-refractivity contribution is 0.102. The maximum atomic E-state index is 12.5. The molecule has 0 unspecified atom stereocenters. The first kappa shape index (κ1) is 14.3. The maximum absolute atomic E-state index is 12.5. The van der Waals surface area contributed by atoms with Crippen LogP contribution < -0.4 is 5.32 Å². The van der Waals surface area contributed by atoms with E-state index in [0.29, 0.717) is 11.2 Å². The van der Waals surface area contributed by atoms with Gasteiger partial charge < -0.3 is 5.32 Å². The number of fused-ring (bicyclic) bond motifs is 2. The highest BCUT2D eigenvalue weighted by atomic mass is 16.1. The molecule has 4 aromatic rings. The summed E-state index contributed by atoms with van der Waals surface area (Å²) in [5, 5.41) is 3.80. The van der Waals surface area contributed by atoms with E-state index >= 15 is 0 Å². The van der Waals surface area contributed by atoms with Gasteiger partial charge in [-0.05, 0) is 43.3 Å². The second kappa shape index (κ2) is 5.70. The minimum atomic E-state index is -0.290. The van der Waals surface area contributed by atoms with Gasteiger partial charge in [-0.1, -0.05) is 18.2 Å². The molecule has 4 rings (SSSR count). The Morgan fingerprint density at radius 2 is 1.67 bits per heavy atom. The topological polar surface area (TPSA) is 67.8 Å². The number of carbonyl (C=O) groups is 1. The Bertz CT molecular complexity index is 1080. The molecule has 2 aromatic carbocycles. The summed E-state index contributed by atoms with van der Waals surface area (Å²) in [5.74, 6) is -0.290. The summed E-state index contributed by atoms with van der Waals surface area (Å²) in [6, 6.07) is 17.0. The van der Waals surface area contributed by atoms with Crippen molar-refractivity contribution in [1.82, 2.24) is 15.0 Å². The van der Waals surface area contributed by atoms with Gasteiger partial charge in [0.15, 0.2) is 0 Å². The van der Waals surface area contributed by atoms with Crippen molar-refractivity contribution in [3.63, 3.8) is 0 Å². The van der Waals surface area contributed by atoms with Crippen LogP contribution in [-0.4, -0.2) is 20.9 Å². The summed E-state index contributed by atoms with van der Waals surface area (Å²) in [7, 11) is 0. The second-order valence-electron chi connectivity index (χ2n) is 5.52. The highest BCUT2D eigenvalue weighted by Crippen LogP contribution is 2.22. The van der Waals surface area contributed by atoms with Gasteiger partial charge in [-0.2, -0.15) is 0 Å². The van der Waals surface area contributed by atoms with Crippen molar-refractivity contribution in [2.24, 2.45) is 0 Å². The molecular formula is C19H14N4O. The molecule has 0 saturated heterocycles. The van der Waals surface area contributed by atoms with Gasteiger partial charge in [0.25, 0.3) is 5.91 Å². The van der Waals surface area contributed by atoms with Crippen LogP contribution in [0.4, 0.5) is 5.69 Å². The van der Waals surface area contributed by atoms with Crippen molar-refractivity contribution in [1.29, 1.82) is 0 Å². The number of aryl methyl sites for hydroxylation is 1. The summed E-state index contributed by atoms with van der Waals surface area (Å²) in [6.45, 7) is 1.94. The molecule has 1 amide bonds. The van der Waals surface area contributed by atoms with Crippen LogP contribution in [0.3, 0.4) is 0 Å². The van der Waals surface area contributed by atoms with E-state index < -0.39 is 0 Å². The largest absolute Gasteiger partial charge is 0.320 e. The first-order valence-corrected chi connectivity index (χ1v) is 7.60. The normalized spacial score (nSPS) is 10.9. The first-order chi connectivity index (χ1) is 11.7. The summed E-state index contributed by atoms with van der Waals surface area (Å²) in [5.41, 5.74) is 4.23. The fraction of sp³-hybridized carbons (Fsp3) is 0.0526. The molecule has 0 aliphatic heterocycles. The fourth-order valence-electron chi connectivity index (χ4n) is 2.62. The van der Waals surface area contributed by atoms with E-state index in [1.54, 1.807) is 0 Å². The maximum Gasteiger partial charge on any atom is 0.275 e. The van der Waals surface area contributed by atoms with E-state index in [2.05, 4.69) is 20.3 Å². The lowest BCUT2D eigenvalue weighted by atomic mass is 10.1. The van der Waals surface area contributed by atoms with Gasteiger partial charge in [0, 0.05) is 11.1 Å². The van der Waals surface area contributed by atoms with Crippen molar-refractivity contribution < 1.29 is 4.79 Å². The van der Waals surface area contributed by atoms with Gasteiger partial charge in [-0.3, -0.25) is 14.8 Å². The van der Waals surface area contributed by atoms with Gasteiger partial charge >= 0.3 is 0 Å². The minimum absolute atomic E-state index is 0.283. The summed E-state index contributed by atoms with van der Waals surface area (Å²) >= 11 is 0. The third-order valence-corrected chi connectivity index (χ3v) is 3.80. The summed E-state index contributed by atoms with van der Waals surface area (Å²) in [4.78, 5) is 25.7. The zero-order chi connectivity index (χ0) is 16.5. The third kappa shape index (κ3) is 2.56. The number of amides is 1. The van der Waals surface area contributed by atoms with E-state index in [1.807, 2.05) is 61.5 Å². The van der Waals surface area contributed by atoms with Crippen LogP contribution in [0, 0.1) is 6.92 Å². The molecule has 0 radical (unpaired) electrons. The number of para-hydroxylation sites is 2. The zero-order valence-corrected chi connectivity index (χ0v) is 13.0. The molecule has 5 heteroatoms. The molecular weight excluding hydrogens is 300 g/mol. The van der Waals surface area contributed by atoms with Crippen molar-refractivity contribution in [3.8, 4) is 0 Å². The van der Waals surface area contributed by atoms with E-state index in [-0.39, 0.29) is 11.6 Å².